The van der Waals surface area contributed by atoms with Gasteiger partial charge in [-0.15, -0.1) is 11.8 Å². The van der Waals surface area contributed by atoms with Crippen LogP contribution in [0.25, 0.3) is 0 Å². The van der Waals surface area contributed by atoms with Crippen LogP contribution in [0.2, 0.25) is 0 Å². The monoisotopic (exact) mass is 571 g/mol. The average Bonchev–Trinajstić information content (AvgIpc) is 2.91. The molecule has 0 radical (unpaired) electrons. The van der Waals surface area contributed by atoms with E-state index in [0.29, 0.717) is 12.8 Å². The molecule has 2 atom stereocenters. The predicted molar refractivity (Wildman–Crippen MR) is 140 cm³/mol. The second-order valence-corrected chi connectivity index (χ2v) is 9.26. The van der Waals surface area contributed by atoms with Crippen LogP contribution in [0.4, 0.5) is 11.4 Å². The van der Waals surface area contributed by atoms with Gasteiger partial charge in [-0.3, -0.25) is 39.4 Å². The lowest BCUT2D eigenvalue weighted by Crippen LogP contribution is -2.49. The van der Waals surface area contributed by atoms with Crippen molar-refractivity contribution in [2.75, 3.05) is 25.5 Å². The number of nitrogens with zero attached hydrogens (tertiary/aromatic N) is 2. The molecule has 4 N–H and O–H groups in total. The van der Waals surface area contributed by atoms with Crippen LogP contribution in [0.5, 0.6) is 0 Å². The molecule has 2 amide bonds. The summed E-state index contributed by atoms with van der Waals surface area (Å²) >= 11 is 0.808. The van der Waals surface area contributed by atoms with Crippen LogP contribution < -0.4 is 16.4 Å². The number of benzene rings is 1. The molecule has 0 spiro atoms. The fourth-order valence-corrected chi connectivity index (χ4v) is 3.91. The lowest BCUT2D eigenvalue weighted by molar-refractivity contribution is -0.396. The van der Waals surface area contributed by atoms with Crippen molar-refractivity contribution in [3.8, 4) is 0 Å². The molecule has 0 bridgehead atoms. The summed E-state index contributed by atoms with van der Waals surface area (Å²) in [6.07, 6.45) is 1.79. The maximum Gasteiger partial charge on any atom is 0.325 e. The Balaban J connectivity index is 2.91. The van der Waals surface area contributed by atoms with Crippen LogP contribution in [-0.2, 0) is 28.7 Å². The summed E-state index contributed by atoms with van der Waals surface area (Å²) in [7, 11) is 0. The number of hydrogen-bond donors (Lipinski definition) is 3. The van der Waals surface area contributed by atoms with Gasteiger partial charge in [0.25, 0.3) is 11.4 Å². The zero-order chi connectivity index (χ0) is 29.4. The van der Waals surface area contributed by atoms with Crippen molar-refractivity contribution in [2.24, 2.45) is 5.73 Å². The number of ether oxygens (including phenoxy) is 2. The van der Waals surface area contributed by atoms with Gasteiger partial charge in [-0.2, -0.15) is 0 Å². The van der Waals surface area contributed by atoms with Gasteiger partial charge in [0.2, 0.25) is 11.8 Å². The molecule has 0 aliphatic heterocycles. The molecule has 0 aliphatic carbocycles. The van der Waals surface area contributed by atoms with Crippen molar-refractivity contribution in [1.29, 1.82) is 0 Å². The molecule has 1 rings (SSSR count). The van der Waals surface area contributed by atoms with Gasteiger partial charge in [0.1, 0.15) is 18.6 Å². The number of thioether (sulfide) groups is 1. The minimum absolute atomic E-state index is 0.0249. The normalized spacial score (nSPS) is 12.1. The number of rotatable bonds is 18. The van der Waals surface area contributed by atoms with Crippen LogP contribution in [-0.4, -0.2) is 71.2 Å². The Bertz CT molecular complexity index is 1040. The highest BCUT2D eigenvalue weighted by Gasteiger charge is 2.26. The third kappa shape index (κ3) is 12.5. The van der Waals surface area contributed by atoms with Gasteiger partial charge in [-0.05, 0) is 25.3 Å². The summed E-state index contributed by atoms with van der Waals surface area (Å²) in [5.74, 6) is -2.97. The molecule has 16 heteroatoms. The number of non-ortho nitro benzene ring substituents is 1. The van der Waals surface area contributed by atoms with E-state index in [-0.39, 0.29) is 36.7 Å². The highest BCUT2D eigenvalue weighted by molar-refractivity contribution is 7.99. The Kier molecular flexibility index (Phi) is 15.1. The lowest BCUT2D eigenvalue weighted by Gasteiger charge is -2.19. The van der Waals surface area contributed by atoms with Gasteiger partial charge in [0.15, 0.2) is 0 Å². The molecule has 0 aliphatic rings. The molecule has 39 heavy (non-hydrogen) atoms. The summed E-state index contributed by atoms with van der Waals surface area (Å²) in [4.78, 5) is 69.8. The van der Waals surface area contributed by atoms with E-state index in [1.165, 1.54) is 6.07 Å². The Hall–Kier alpha value is -3.79. The number of unbranched alkanes of at least 4 members (excludes halogenated alkanes) is 1. The minimum atomic E-state index is -1.26. The molecule has 15 nitrogen and oxygen atoms in total. The van der Waals surface area contributed by atoms with Crippen LogP contribution in [0.1, 0.15) is 46.0 Å². The van der Waals surface area contributed by atoms with Gasteiger partial charge >= 0.3 is 11.9 Å². The standard InChI is InChI=1S/C23H33N5O10S/c1-3-5-11-38-23(32)16(24)7-9-20(29)26-17(22(31)25-13-21(30)37-10-4-2)14-39-19-8-6-15(27(33)34)12-18(19)28(35)36/h6,8,12,16-17H,3-5,7,9-11,13-14,24H2,1-2H3,(H,25,31)(H,26,29)/t16-,17-/m0/s1. The van der Waals surface area contributed by atoms with Gasteiger partial charge in [-0.25, -0.2) is 0 Å². The van der Waals surface area contributed by atoms with Gasteiger partial charge in [0.05, 0.1) is 34.0 Å². The zero-order valence-corrected chi connectivity index (χ0v) is 22.5. The van der Waals surface area contributed by atoms with Gasteiger partial charge < -0.3 is 25.8 Å². The largest absolute Gasteiger partial charge is 0.465 e. The van der Waals surface area contributed by atoms with Crippen molar-refractivity contribution in [3.63, 3.8) is 0 Å². The van der Waals surface area contributed by atoms with Gasteiger partial charge in [0, 0.05) is 18.2 Å². The summed E-state index contributed by atoms with van der Waals surface area (Å²) in [5.41, 5.74) is 4.74. The third-order valence-corrected chi connectivity index (χ3v) is 6.16. The smallest absolute Gasteiger partial charge is 0.325 e. The molecule has 0 heterocycles. The molecule has 0 fully saturated rings. The second kappa shape index (κ2) is 17.7. The van der Waals surface area contributed by atoms with Gasteiger partial charge in [-0.1, -0.05) is 20.3 Å². The fourth-order valence-electron chi connectivity index (χ4n) is 2.88. The summed E-state index contributed by atoms with van der Waals surface area (Å²) in [5, 5.41) is 27.2. The number of hydrogen-bond acceptors (Lipinski definition) is 12. The SMILES string of the molecule is CCCCOC(=O)[C@@H](N)CCC(=O)N[C@@H](CSc1ccc([N+](=O)[O-])cc1[N+](=O)[O-])C(=O)NCC(=O)OCCC. The molecule has 0 saturated carbocycles. The highest BCUT2D eigenvalue weighted by atomic mass is 32.2. The summed E-state index contributed by atoms with van der Waals surface area (Å²) in [6, 6.07) is 0.728. The van der Waals surface area contributed by atoms with E-state index in [2.05, 4.69) is 10.6 Å². The topological polar surface area (TPSA) is 223 Å². The molecule has 0 unspecified atom stereocenters. The number of nitro groups is 2. The van der Waals surface area contributed by atoms with Crippen molar-refractivity contribution in [1.82, 2.24) is 10.6 Å². The van der Waals surface area contributed by atoms with E-state index in [1.807, 2.05) is 6.92 Å². The Morgan fingerprint density at radius 1 is 1.05 bits per heavy atom. The molecule has 0 saturated heterocycles. The molecule has 0 aromatic heterocycles. The predicted octanol–water partition coefficient (Wildman–Crippen LogP) is 1.60. The number of nitrogens with one attached hydrogen (secondary N) is 2. The first-order chi connectivity index (χ1) is 18.5. The lowest BCUT2D eigenvalue weighted by atomic mass is 10.1. The molecule has 216 valence electrons. The van der Waals surface area contributed by atoms with Crippen LogP contribution >= 0.6 is 11.8 Å². The maximum absolute atomic E-state index is 12.8. The highest BCUT2D eigenvalue weighted by Crippen LogP contribution is 2.32. The van der Waals surface area contributed by atoms with E-state index >= 15 is 0 Å². The Morgan fingerprint density at radius 2 is 1.77 bits per heavy atom. The Labute approximate surface area is 228 Å². The minimum Gasteiger partial charge on any atom is -0.465 e. The van der Waals surface area contributed by atoms with Crippen LogP contribution in [0, 0.1) is 20.2 Å². The van der Waals surface area contributed by atoms with Crippen LogP contribution in [0.3, 0.4) is 0 Å². The third-order valence-electron chi connectivity index (χ3n) is 5.01. The van der Waals surface area contributed by atoms with Crippen molar-refractivity contribution in [3.05, 3.63) is 38.4 Å². The molecule has 1 aromatic carbocycles. The number of carbonyl (C=O) groups excluding carboxylic acids is 4. The zero-order valence-electron chi connectivity index (χ0n) is 21.7. The summed E-state index contributed by atoms with van der Waals surface area (Å²) in [6.45, 7) is 3.63. The van der Waals surface area contributed by atoms with Crippen molar-refractivity contribution >= 4 is 46.9 Å². The van der Waals surface area contributed by atoms with E-state index in [1.54, 1.807) is 6.92 Å². The number of esters is 2. The van der Waals surface area contributed by atoms with Crippen molar-refractivity contribution in [2.45, 2.75) is 62.9 Å². The summed E-state index contributed by atoms with van der Waals surface area (Å²) < 4.78 is 9.91. The first-order valence-corrected chi connectivity index (χ1v) is 13.2. The first-order valence-electron chi connectivity index (χ1n) is 12.2. The van der Waals surface area contributed by atoms with E-state index in [4.69, 9.17) is 15.2 Å². The molecular formula is C23H33N5O10S. The average molecular weight is 572 g/mol. The second-order valence-electron chi connectivity index (χ2n) is 8.20. The van der Waals surface area contributed by atoms with Crippen LogP contribution in [0.15, 0.2) is 23.1 Å². The number of nitrogens with two attached hydrogens (primary N) is 1. The number of carbonyl (C=O) groups is 4. The van der Waals surface area contributed by atoms with E-state index in [0.717, 1.165) is 30.3 Å². The van der Waals surface area contributed by atoms with E-state index < -0.39 is 63.6 Å². The van der Waals surface area contributed by atoms with Crippen molar-refractivity contribution < 1.29 is 38.5 Å². The number of amides is 2. The molecule has 1 aromatic rings. The quantitative estimate of drug-likeness (QED) is 0.0751. The number of nitro benzene ring substituents is 2. The van der Waals surface area contributed by atoms with E-state index in [9.17, 15) is 39.4 Å². The molecular weight excluding hydrogens is 538 g/mol. The first kappa shape index (κ1) is 33.2. The maximum atomic E-state index is 12.8. The fraction of sp³-hybridized carbons (Fsp3) is 0.565. The Morgan fingerprint density at radius 3 is 2.38 bits per heavy atom.